The van der Waals surface area contributed by atoms with Crippen LogP contribution in [0.25, 0.3) is 0 Å². The Morgan fingerprint density at radius 1 is 1.30 bits per heavy atom. The number of rotatable bonds is 8. The van der Waals surface area contributed by atoms with Gasteiger partial charge in [0.15, 0.2) is 6.61 Å². The highest BCUT2D eigenvalue weighted by atomic mass is 35.5. The van der Waals surface area contributed by atoms with Gasteiger partial charge in [-0.25, -0.2) is 4.79 Å². The summed E-state index contributed by atoms with van der Waals surface area (Å²) in [6, 6.07) is 5.70. The standard InChI is InChI=1S/C16H22ClNO5/c1-16(2,3)23-9-8-12(15(20)21)18-14(19)10-22-13-7-5-4-6-11(13)17/h4-7,12H,8-10H2,1-3H3,(H,18,19)(H,20,21). The molecule has 1 rings (SSSR count). The Morgan fingerprint density at radius 3 is 2.52 bits per heavy atom. The number of carboxylic acids is 1. The molecule has 0 fully saturated rings. The third-order valence-corrected chi connectivity index (χ3v) is 3.08. The number of amides is 1. The summed E-state index contributed by atoms with van der Waals surface area (Å²) in [5.41, 5.74) is -0.361. The van der Waals surface area contributed by atoms with Crippen LogP contribution in [-0.4, -0.2) is 41.8 Å². The van der Waals surface area contributed by atoms with E-state index in [1.807, 2.05) is 20.8 Å². The van der Waals surface area contributed by atoms with E-state index in [4.69, 9.17) is 26.2 Å². The summed E-state index contributed by atoms with van der Waals surface area (Å²) < 4.78 is 10.7. The van der Waals surface area contributed by atoms with Gasteiger partial charge in [-0.2, -0.15) is 0 Å². The number of nitrogens with one attached hydrogen (secondary N) is 1. The summed E-state index contributed by atoms with van der Waals surface area (Å²) in [6.45, 7) is 5.54. The summed E-state index contributed by atoms with van der Waals surface area (Å²) in [5, 5.41) is 11.9. The van der Waals surface area contributed by atoms with E-state index < -0.39 is 17.9 Å². The quantitative estimate of drug-likeness (QED) is 0.757. The first-order valence-corrected chi connectivity index (χ1v) is 7.60. The molecule has 0 saturated heterocycles. The molecule has 1 amide bonds. The monoisotopic (exact) mass is 343 g/mol. The number of ether oxygens (including phenoxy) is 2. The van der Waals surface area contributed by atoms with Crippen molar-refractivity contribution in [2.75, 3.05) is 13.2 Å². The molecule has 23 heavy (non-hydrogen) atoms. The normalized spacial score (nSPS) is 12.5. The average molecular weight is 344 g/mol. The smallest absolute Gasteiger partial charge is 0.326 e. The van der Waals surface area contributed by atoms with Crippen LogP contribution >= 0.6 is 11.6 Å². The predicted octanol–water partition coefficient (Wildman–Crippen LogP) is 2.49. The second-order valence-corrected chi connectivity index (χ2v) is 6.33. The van der Waals surface area contributed by atoms with E-state index in [0.717, 1.165) is 0 Å². The zero-order valence-electron chi connectivity index (χ0n) is 13.5. The molecular formula is C16H22ClNO5. The van der Waals surface area contributed by atoms with Crippen LogP contribution in [0.5, 0.6) is 5.75 Å². The van der Waals surface area contributed by atoms with Crippen LogP contribution in [0.1, 0.15) is 27.2 Å². The van der Waals surface area contributed by atoms with Crippen molar-refractivity contribution < 1.29 is 24.2 Å². The molecule has 0 bridgehead atoms. The fourth-order valence-corrected chi connectivity index (χ4v) is 1.87. The lowest BCUT2D eigenvalue weighted by atomic mass is 10.2. The van der Waals surface area contributed by atoms with E-state index >= 15 is 0 Å². The number of hydrogen-bond donors (Lipinski definition) is 2. The van der Waals surface area contributed by atoms with Crippen LogP contribution in [-0.2, 0) is 14.3 Å². The Hall–Kier alpha value is -1.79. The highest BCUT2D eigenvalue weighted by molar-refractivity contribution is 6.32. The van der Waals surface area contributed by atoms with Gasteiger partial charge in [0.25, 0.3) is 5.91 Å². The Labute approximate surface area is 140 Å². The molecule has 0 aliphatic rings. The van der Waals surface area contributed by atoms with E-state index in [0.29, 0.717) is 10.8 Å². The van der Waals surface area contributed by atoms with Gasteiger partial charge in [-0.05, 0) is 32.9 Å². The minimum atomic E-state index is -1.12. The lowest BCUT2D eigenvalue weighted by Gasteiger charge is -2.21. The maximum atomic E-state index is 11.8. The maximum Gasteiger partial charge on any atom is 0.326 e. The number of aliphatic carboxylic acids is 1. The molecule has 0 heterocycles. The van der Waals surface area contributed by atoms with Gasteiger partial charge >= 0.3 is 5.97 Å². The van der Waals surface area contributed by atoms with Crippen molar-refractivity contribution in [1.29, 1.82) is 0 Å². The second kappa shape index (κ2) is 8.74. The third kappa shape index (κ3) is 7.85. The minimum absolute atomic E-state index is 0.171. The Morgan fingerprint density at radius 2 is 1.96 bits per heavy atom. The Bertz CT molecular complexity index is 542. The van der Waals surface area contributed by atoms with Gasteiger partial charge in [0.05, 0.1) is 10.6 Å². The number of carboxylic acid groups (broad SMARTS) is 1. The van der Waals surface area contributed by atoms with Crippen LogP contribution < -0.4 is 10.1 Å². The highest BCUT2D eigenvalue weighted by Crippen LogP contribution is 2.22. The van der Waals surface area contributed by atoms with E-state index in [-0.39, 0.29) is 25.2 Å². The predicted molar refractivity (Wildman–Crippen MR) is 86.8 cm³/mol. The first-order chi connectivity index (χ1) is 10.7. The molecule has 1 aromatic carbocycles. The molecule has 1 unspecified atom stereocenters. The fourth-order valence-electron chi connectivity index (χ4n) is 1.68. The molecule has 7 heteroatoms. The van der Waals surface area contributed by atoms with E-state index in [1.54, 1.807) is 24.3 Å². The summed E-state index contributed by atoms with van der Waals surface area (Å²) in [7, 11) is 0. The summed E-state index contributed by atoms with van der Waals surface area (Å²) >= 11 is 5.91. The van der Waals surface area contributed by atoms with Gasteiger partial charge < -0.3 is 19.9 Å². The molecule has 6 nitrogen and oxygen atoms in total. The number of benzene rings is 1. The van der Waals surface area contributed by atoms with Gasteiger partial charge in [0, 0.05) is 13.0 Å². The summed E-state index contributed by atoms with van der Waals surface area (Å²) in [4.78, 5) is 23.0. The molecule has 1 atom stereocenters. The van der Waals surface area contributed by atoms with Crippen LogP contribution in [0, 0.1) is 0 Å². The molecule has 0 radical (unpaired) electrons. The van der Waals surface area contributed by atoms with Crippen molar-refractivity contribution in [2.24, 2.45) is 0 Å². The molecule has 0 aliphatic carbocycles. The van der Waals surface area contributed by atoms with Gasteiger partial charge in [-0.15, -0.1) is 0 Å². The van der Waals surface area contributed by atoms with Crippen LogP contribution in [0.3, 0.4) is 0 Å². The minimum Gasteiger partial charge on any atom is -0.482 e. The largest absolute Gasteiger partial charge is 0.482 e. The number of carbonyl (C=O) groups excluding carboxylic acids is 1. The molecule has 128 valence electrons. The molecule has 2 N–H and O–H groups in total. The highest BCUT2D eigenvalue weighted by Gasteiger charge is 2.21. The molecule has 1 aromatic rings. The van der Waals surface area contributed by atoms with Crippen molar-refractivity contribution in [3.63, 3.8) is 0 Å². The SMILES string of the molecule is CC(C)(C)OCCC(NC(=O)COc1ccccc1Cl)C(=O)O. The average Bonchev–Trinajstić information content (AvgIpc) is 2.44. The van der Waals surface area contributed by atoms with Gasteiger partial charge in [-0.3, -0.25) is 4.79 Å². The molecule has 0 aromatic heterocycles. The molecule has 0 spiro atoms. The molecule has 0 aliphatic heterocycles. The second-order valence-electron chi connectivity index (χ2n) is 5.93. The van der Waals surface area contributed by atoms with Crippen LogP contribution in [0.2, 0.25) is 5.02 Å². The van der Waals surface area contributed by atoms with Gasteiger partial charge in [-0.1, -0.05) is 23.7 Å². The summed E-state index contributed by atoms with van der Waals surface area (Å²) in [5.74, 6) is -1.28. The number of carbonyl (C=O) groups is 2. The van der Waals surface area contributed by atoms with Crippen molar-refractivity contribution in [1.82, 2.24) is 5.32 Å². The zero-order chi connectivity index (χ0) is 17.5. The van der Waals surface area contributed by atoms with Crippen molar-refractivity contribution >= 4 is 23.5 Å². The first-order valence-electron chi connectivity index (χ1n) is 7.22. The van der Waals surface area contributed by atoms with E-state index in [2.05, 4.69) is 5.32 Å². The number of para-hydroxylation sites is 1. The first kappa shape index (κ1) is 19.3. The zero-order valence-corrected chi connectivity index (χ0v) is 14.2. The lowest BCUT2D eigenvalue weighted by molar-refractivity contribution is -0.143. The van der Waals surface area contributed by atoms with Crippen molar-refractivity contribution in [3.05, 3.63) is 29.3 Å². The topological polar surface area (TPSA) is 84.9 Å². The number of hydrogen-bond acceptors (Lipinski definition) is 4. The summed E-state index contributed by atoms with van der Waals surface area (Å²) in [6.07, 6.45) is 0.171. The van der Waals surface area contributed by atoms with Crippen LogP contribution in [0.4, 0.5) is 0 Å². The molecule has 0 saturated carbocycles. The van der Waals surface area contributed by atoms with Crippen LogP contribution in [0.15, 0.2) is 24.3 Å². The maximum absolute atomic E-state index is 11.8. The Balaban J connectivity index is 2.45. The Kier molecular flexibility index (Phi) is 7.32. The van der Waals surface area contributed by atoms with Crippen molar-refractivity contribution in [2.45, 2.75) is 38.8 Å². The molecular weight excluding hydrogens is 322 g/mol. The van der Waals surface area contributed by atoms with E-state index in [9.17, 15) is 9.59 Å². The number of halogens is 1. The van der Waals surface area contributed by atoms with Crippen molar-refractivity contribution in [3.8, 4) is 5.75 Å². The van der Waals surface area contributed by atoms with Gasteiger partial charge in [0.1, 0.15) is 11.8 Å². The van der Waals surface area contributed by atoms with E-state index in [1.165, 1.54) is 0 Å². The fraction of sp³-hybridized carbons (Fsp3) is 0.500. The lowest BCUT2D eigenvalue weighted by Crippen LogP contribution is -2.44. The van der Waals surface area contributed by atoms with Gasteiger partial charge in [0.2, 0.25) is 0 Å². The third-order valence-electron chi connectivity index (χ3n) is 2.77.